The summed E-state index contributed by atoms with van der Waals surface area (Å²) in [5.74, 6) is -0.887. The largest absolute Gasteiger partial charge is 0.480 e. The maximum absolute atomic E-state index is 11.4. The Hall–Kier alpha value is -1.94. The molecule has 1 aromatic carbocycles. The summed E-state index contributed by atoms with van der Waals surface area (Å²) in [6, 6.07) is 8.73. The zero-order valence-electron chi connectivity index (χ0n) is 10.4. The van der Waals surface area contributed by atoms with Gasteiger partial charge in [-0.25, -0.2) is 0 Å². The Kier molecular flexibility index (Phi) is 3.58. The third-order valence-corrected chi connectivity index (χ3v) is 2.72. The molecule has 4 nitrogen and oxygen atoms in total. The van der Waals surface area contributed by atoms with Gasteiger partial charge in [-0.3, -0.25) is 15.1 Å². The standard InChI is InChI=1S/C14H16N2O2/c1-9(2)16-13(14(17)18)11-7-3-5-10-6-4-8-15-12(10)11/h3-9,13,16H,1-2H3,(H,17,18). The normalized spacial score (nSPS) is 12.8. The fourth-order valence-electron chi connectivity index (χ4n) is 1.99. The smallest absolute Gasteiger partial charge is 0.325 e. The Morgan fingerprint density at radius 1 is 1.28 bits per heavy atom. The van der Waals surface area contributed by atoms with Gasteiger partial charge in [0.15, 0.2) is 0 Å². The van der Waals surface area contributed by atoms with E-state index in [9.17, 15) is 9.90 Å². The Bertz CT molecular complexity index is 561. The second kappa shape index (κ2) is 5.14. The van der Waals surface area contributed by atoms with Crippen LogP contribution in [0.15, 0.2) is 36.5 Å². The van der Waals surface area contributed by atoms with Crippen LogP contribution in [0.4, 0.5) is 0 Å². The Morgan fingerprint density at radius 2 is 2.00 bits per heavy atom. The molecule has 0 aliphatic carbocycles. The van der Waals surface area contributed by atoms with Crippen molar-refractivity contribution in [2.75, 3.05) is 0 Å². The average molecular weight is 244 g/mol. The van der Waals surface area contributed by atoms with Crippen molar-refractivity contribution in [3.8, 4) is 0 Å². The van der Waals surface area contributed by atoms with Crippen molar-refractivity contribution in [2.45, 2.75) is 25.9 Å². The van der Waals surface area contributed by atoms with E-state index >= 15 is 0 Å². The minimum absolute atomic E-state index is 0.0880. The number of carbonyl (C=O) groups is 1. The summed E-state index contributed by atoms with van der Waals surface area (Å²) >= 11 is 0. The van der Waals surface area contributed by atoms with Crippen LogP contribution in [0.5, 0.6) is 0 Å². The maximum atomic E-state index is 11.4. The average Bonchev–Trinajstić information content (AvgIpc) is 2.35. The van der Waals surface area contributed by atoms with E-state index in [1.807, 2.05) is 44.2 Å². The number of aromatic nitrogens is 1. The molecule has 0 saturated heterocycles. The first-order valence-corrected chi connectivity index (χ1v) is 5.92. The third-order valence-electron chi connectivity index (χ3n) is 2.72. The van der Waals surface area contributed by atoms with Crippen LogP contribution in [0.1, 0.15) is 25.5 Å². The lowest BCUT2D eigenvalue weighted by Crippen LogP contribution is -2.33. The fourth-order valence-corrected chi connectivity index (χ4v) is 1.99. The summed E-state index contributed by atoms with van der Waals surface area (Å²) in [7, 11) is 0. The molecule has 2 aromatic rings. The van der Waals surface area contributed by atoms with Crippen LogP contribution in [0.3, 0.4) is 0 Å². The van der Waals surface area contributed by atoms with Crippen LogP contribution in [0.25, 0.3) is 10.9 Å². The van der Waals surface area contributed by atoms with Gasteiger partial charge in [0.2, 0.25) is 0 Å². The van der Waals surface area contributed by atoms with Gasteiger partial charge in [0.05, 0.1) is 5.52 Å². The van der Waals surface area contributed by atoms with Gasteiger partial charge >= 0.3 is 5.97 Å². The van der Waals surface area contributed by atoms with Gasteiger partial charge in [-0.1, -0.05) is 24.3 Å². The van der Waals surface area contributed by atoms with Gasteiger partial charge in [0.1, 0.15) is 6.04 Å². The molecule has 0 aliphatic heterocycles. The van der Waals surface area contributed by atoms with Crippen LogP contribution >= 0.6 is 0 Å². The van der Waals surface area contributed by atoms with Crippen molar-refractivity contribution in [2.24, 2.45) is 0 Å². The van der Waals surface area contributed by atoms with E-state index < -0.39 is 12.0 Å². The van der Waals surface area contributed by atoms with E-state index in [-0.39, 0.29) is 6.04 Å². The topological polar surface area (TPSA) is 62.2 Å². The molecule has 1 heterocycles. The first kappa shape index (κ1) is 12.5. The lowest BCUT2D eigenvalue weighted by Gasteiger charge is -2.18. The van der Waals surface area contributed by atoms with Crippen molar-refractivity contribution in [1.29, 1.82) is 0 Å². The second-order valence-corrected chi connectivity index (χ2v) is 4.51. The predicted molar refractivity (Wildman–Crippen MR) is 70.4 cm³/mol. The minimum atomic E-state index is -0.887. The van der Waals surface area contributed by atoms with Gasteiger partial charge in [-0.05, 0) is 19.9 Å². The summed E-state index contributed by atoms with van der Waals surface area (Å²) < 4.78 is 0. The summed E-state index contributed by atoms with van der Waals surface area (Å²) in [5.41, 5.74) is 1.44. The summed E-state index contributed by atoms with van der Waals surface area (Å²) in [6.07, 6.45) is 1.68. The second-order valence-electron chi connectivity index (χ2n) is 4.51. The van der Waals surface area contributed by atoms with Crippen molar-refractivity contribution in [3.63, 3.8) is 0 Å². The molecule has 0 radical (unpaired) electrons. The van der Waals surface area contributed by atoms with Crippen LogP contribution in [-0.4, -0.2) is 22.1 Å². The molecule has 94 valence electrons. The molecule has 18 heavy (non-hydrogen) atoms. The van der Waals surface area contributed by atoms with Gasteiger partial charge in [0.25, 0.3) is 0 Å². The van der Waals surface area contributed by atoms with Gasteiger partial charge < -0.3 is 5.11 Å². The van der Waals surface area contributed by atoms with Gasteiger partial charge in [-0.2, -0.15) is 0 Å². The highest BCUT2D eigenvalue weighted by atomic mass is 16.4. The maximum Gasteiger partial charge on any atom is 0.325 e. The molecule has 1 aromatic heterocycles. The Balaban J connectivity index is 2.53. The molecule has 1 unspecified atom stereocenters. The summed E-state index contributed by atoms with van der Waals surface area (Å²) in [5, 5.41) is 13.3. The number of hydrogen-bond acceptors (Lipinski definition) is 3. The Morgan fingerprint density at radius 3 is 2.67 bits per heavy atom. The fraction of sp³-hybridized carbons (Fsp3) is 0.286. The number of rotatable bonds is 4. The number of para-hydroxylation sites is 1. The van der Waals surface area contributed by atoms with Crippen molar-refractivity contribution < 1.29 is 9.90 Å². The third kappa shape index (κ3) is 2.49. The highest BCUT2D eigenvalue weighted by Gasteiger charge is 2.22. The molecule has 2 rings (SSSR count). The number of aliphatic carboxylic acids is 1. The molecule has 4 heteroatoms. The highest BCUT2D eigenvalue weighted by molar-refractivity contribution is 5.87. The number of nitrogens with zero attached hydrogens (tertiary/aromatic N) is 1. The lowest BCUT2D eigenvalue weighted by atomic mass is 10.0. The van der Waals surface area contributed by atoms with E-state index in [2.05, 4.69) is 10.3 Å². The van der Waals surface area contributed by atoms with Crippen molar-refractivity contribution >= 4 is 16.9 Å². The molecule has 1 atom stereocenters. The number of carboxylic acids is 1. The van der Waals surface area contributed by atoms with E-state index in [1.165, 1.54) is 0 Å². The SMILES string of the molecule is CC(C)NC(C(=O)O)c1cccc2cccnc12. The number of fused-ring (bicyclic) bond motifs is 1. The molecule has 0 amide bonds. The lowest BCUT2D eigenvalue weighted by molar-refractivity contribution is -0.139. The molecule has 0 bridgehead atoms. The number of benzene rings is 1. The van der Waals surface area contributed by atoms with E-state index in [4.69, 9.17) is 0 Å². The van der Waals surface area contributed by atoms with Crippen LogP contribution < -0.4 is 5.32 Å². The zero-order chi connectivity index (χ0) is 13.1. The van der Waals surface area contributed by atoms with E-state index in [0.29, 0.717) is 5.56 Å². The molecule has 0 aliphatic rings. The number of carboxylic acid groups (broad SMARTS) is 1. The van der Waals surface area contributed by atoms with Crippen molar-refractivity contribution in [3.05, 3.63) is 42.1 Å². The van der Waals surface area contributed by atoms with Crippen LogP contribution in [0.2, 0.25) is 0 Å². The molecule has 0 spiro atoms. The van der Waals surface area contributed by atoms with E-state index in [0.717, 1.165) is 10.9 Å². The predicted octanol–water partition coefficient (Wildman–Crippen LogP) is 2.36. The summed E-state index contributed by atoms with van der Waals surface area (Å²) in [4.78, 5) is 15.7. The summed E-state index contributed by atoms with van der Waals surface area (Å²) in [6.45, 7) is 3.85. The number of nitrogens with one attached hydrogen (secondary N) is 1. The van der Waals surface area contributed by atoms with Crippen LogP contribution in [-0.2, 0) is 4.79 Å². The molecular weight excluding hydrogens is 228 g/mol. The molecule has 2 N–H and O–H groups in total. The minimum Gasteiger partial charge on any atom is -0.480 e. The van der Waals surface area contributed by atoms with Crippen LogP contribution in [0, 0.1) is 0 Å². The first-order chi connectivity index (χ1) is 8.59. The number of pyridine rings is 1. The number of hydrogen-bond donors (Lipinski definition) is 2. The van der Waals surface area contributed by atoms with Crippen molar-refractivity contribution in [1.82, 2.24) is 10.3 Å². The Labute approximate surface area is 106 Å². The zero-order valence-corrected chi connectivity index (χ0v) is 10.4. The molecule has 0 saturated carbocycles. The van der Waals surface area contributed by atoms with Gasteiger partial charge in [-0.15, -0.1) is 0 Å². The van der Waals surface area contributed by atoms with E-state index in [1.54, 1.807) is 6.20 Å². The van der Waals surface area contributed by atoms with Gasteiger partial charge in [0, 0.05) is 23.2 Å². The highest BCUT2D eigenvalue weighted by Crippen LogP contribution is 2.23. The monoisotopic (exact) mass is 244 g/mol. The molecule has 0 fully saturated rings. The molecular formula is C14H16N2O2. The first-order valence-electron chi connectivity index (χ1n) is 5.92. The quantitative estimate of drug-likeness (QED) is 0.866.